The van der Waals surface area contributed by atoms with Crippen molar-refractivity contribution in [2.24, 2.45) is 0 Å². The van der Waals surface area contributed by atoms with Crippen molar-refractivity contribution in [2.45, 2.75) is 89.4 Å². The number of hydrogen-bond acceptors (Lipinski definition) is 0. The molecule has 104 valence electrons. The Balaban J connectivity index is 2.94. The molecule has 0 aliphatic carbocycles. The van der Waals surface area contributed by atoms with Crippen LogP contribution in [0.4, 0.5) is 0 Å². The predicted molar refractivity (Wildman–Crippen MR) is 84.5 cm³/mol. The van der Waals surface area contributed by atoms with E-state index in [0.29, 0.717) is 5.38 Å². The summed E-state index contributed by atoms with van der Waals surface area (Å²) in [6.07, 6.45) is 16.7. The molecule has 0 bridgehead atoms. The Bertz CT molecular complexity index is 139. The average Bonchev–Trinajstić information content (AvgIpc) is 2.35. The molecule has 0 nitrogen and oxygen atoms in total. The van der Waals surface area contributed by atoms with Gasteiger partial charge in [0, 0.05) is 10.7 Å². The smallest absolute Gasteiger partial charge is 0.0432 e. The first-order chi connectivity index (χ1) is 8.31. The quantitative estimate of drug-likeness (QED) is 0.261. The third-order valence-electron chi connectivity index (χ3n) is 3.29. The topological polar surface area (TPSA) is 0 Å². The molecule has 1 atom stereocenters. The number of rotatable bonds is 13. The first-order valence-electron chi connectivity index (χ1n) is 7.51. The van der Waals surface area contributed by atoms with Crippen molar-refractivity contribution in [2.75, 3.05) is 5.33 Å². The zero-order valence-electron chi connectivity index (χ0n) is 11.5. The lowest BCUT2D eigenvalue weighted by Crippen LogP contribution is -1.98. The summed E-state index contributed by atoms with van der Waals surface area (Å²) in [6, 6.07) is 0. The molecular formula is C15H30BrCl. The van der Waals surface area contributed by atoms with Crippen molar-refractivity contribution < 1.29 is 0 Å². The van der Waals surface area contributed by atoms with Crippen LogP contribution < -0.4 is 0 Å². The molecule has 0 saturated heterocycles. The lowest BCUT2D eigenvalue weighted by molar-refractivity contribution is 0.544. The second-order valence-electron chi connectivity index (χ2n) is 5.08. The molecule has 0 saturated carbocycles. The Hall–Kier alpha value is 0.770. The molecule has 17 heavy (non-hydrogen) atoms. The second-order valence-corrected chi connectivity index (χ2v) is 6.34. The molecule has 0 aromatic heterocycles. The van der Waals surface area contributed by atoms with Crippen molar-refractivity contribution in [3.63, 3.8) is 0 Å². The lowest BCUT2D eigenvalue weighted by Gasteiger charge is -2.05. The van der Waals surface area contributed by atoms with Gasteiger partial charge in [-0.2, -0.15) is 0 Å². The van der Waals surface area contributed by atoms with E-state index in [-0.39, 0.29) is 0 Å². The van der Waals surface area contributed by atoms with Gasteiger partial charge in [-0.3, -0.25) is 0 Å². The summed E-state index contributed by atoms with van der Waals surface area (Å²) in [5.41, 5.74) is 0. The third kappa shape index (κ3) is 14.7. The van der Waals surface area contributed by atoms with E-state index in [4.69, 9.17) is 11.6 Å². The summed E-state index contributed by atoms with van der Waals surface area (Å²) >= 11 is 9.45. The van der Waals surface area contributed by atoms with Crippen LogP contribution in [0, 0.1) is 0 Å². The molecule has 0 heterocycles. The van der Waals surface area contributed by atoms with Crippen molar-refractivity contribution >= 4 is 27.5 Å². The largest absolute Gasteiger partial charge is 0.122 e. The minimum absolute atomic E-state index is 0.341. The minimum atomic E-state index is 0.341. The van der Waals surface area contributed by atoms with Crippen LogP contribution in [0.2, 0.25) is 0 Å². The second kappa shape index (κ2) is 14.8. The zero-order valence-corrected chi connectivity index (χ0v) is 13.9. The Morgan fingerprint density at radius 3 is 1.59 bits per heavy atom. The number of unbranched alkanes of at least 4 members (excludes halogenated alkanes) is 10. The normalized spacial score (nSPS) is 12.9. The highest BCUT2D eigenvalue weighted by Gasteiger charge is 2.00. The monoisotopic (exact) mass is 324 g/mol. The van der Waals surface area contributed by atoms with Crippen molar-refractivity contribution in [1.82, 2.24) is 0 Å². The number of alkyl halides is 2. The first kappa shape index (κ1) is 17.8. The van der Waals surface area contributed by atoms with Gasteiger partial charge in [0.2, 0.25) is 0 Å². The molecule has 0 aliphatic rings. The van der Waals surface area contributed by atoms with Crippen molar-refractivity contribution in [3.05, 3.63) is 0 Å². The fraction of sp³-hybridized carbons (Fsp3) is 1.00. The van der Waals surface area contributed by atoms with Gasteiger partial charge in [0.1, 0.15) is 0 Å². The molecule has 1 unspecified atom stereocenters. The van der Waals surface area contributed by atoms with Crippen molar-refractivity contribution in [1.29, 1.82) is 0 Å². The third-order valence-corrected chi connectivity index (χ3v) is 4.82. The maximum atomic E-state index is 6.04. The molecule has 0 aromatic rings. The zero-order chi connectivity index (χ0) is 12.8. The van der Waals surface area contributed by atoms with E-state index in [1.54, 1.807) is 0 Å². The summed E-state index contributed by atoms with van der Waals surface area (Å²) in [5.74, 6) is 0. The maximum Gasteiger partial charge on any atom is 0.0432 e. The van der Waals surface area contributed by atoms with Crippen LogP contribution >= 0.6 is 27.5 Å². The van der Waals surface area contributed by atoms with Crippen LogP contribution in [0.1, 0.15) is 84.0 Å². The molecule has 0 rings (SSSR count). The van der Waals surface area contributed by atoms with Crippen LogP contribution in [0.3, 0.4) is 0 Å². The molecule has 0 fully saturated rings. The summed E-state index contributed by atoms with van der Waals surface area (Å²) in [4.78, 5) is 0. The minimum Gasteiger partial charge on any atom is -0.122 e. The Morgan fingerprint density at radius 1 is 0.765 bits per heavy atom. The number of hydrogen-bond donors (Lipinski definition) is 0. The van der Waals surface area contributed by atoms with Gasteiger partial charge in [0.15, 0.2) is 0 Å². The maximum absolute atomic E-state index is 6.04. The Kier molecular flexibility index (Phi) is 15.5. The summed E-state index contributed by atoms with van der Waals surface area (Å²) < 4.78 is 0. The van der Waals surface area contributed by atoms with Gasteiger partial charge in [-0.15, -0.1) is 11.6 Å². The molecule has 0 radical (unpaired) electrons. The fourth-order valence-electron chi connectivity index (χ4n) is 2.11. The molecule has 0 amide bonds. The molecule has 0 N–H and O–H groups in total. The van der Waals surface area contributed by atoms with Gasteiger partial charge in [-0.1, -0.05) is 93.5 Å². The van der Waals surface area contributed by atoms with Crippen LogP contribution in [-0.4, -0.2) is 10.7 Å². The average molecular weight is 326 g/mol. The predicted octanol–water partition coefficient (Wildman–Crippen LogP) is 6.69. The summed E-state index contributed by atoms with van der Waals surface area (Å²) in [7, 11) is 0. The lowest BCUT2D eigenvalue weighted by atomic mass is 10.0. The van der Waals surface area contributed by atoms with E-state index < -0.39 is 0 Å². The van der Waals surface area contributed by atoms with E-state index in [1.807, 2.05) is 0 Å². The van der Waals surface area contributed by atoms with E-state index in [0.717, 1.165) is 5.33 Å². The molecule has 0 spiro atoms. The Morgan fingerprint density at radius 2 is 1.18 bits per heavy atom. The molecule has 2 heteroatoms. The Labute approximate surface area is 122 Å². The van der Waals surface area contributed by atoms with Gasteiger partial charge >= 0.3 is 0 Å². The van der Waals surface area contributed by atoms with Gasteiger partial charge in [-0.05, 0) is 6.42 Å². The van der Waals surface area contributed by atoms with Crippen LogP contribution in [0.15, 0.2) is 0 Å². The molecule has 0 aromatic carbocycles. The highest BCUT2D eigenvalue weighted by molar-refractivity contribution is 9.09. The van der Waals surface area contributed by atoms with Gasteiger partial charge in [0.05, 0.1) is 0 Å². The van der Waals surface area contributed by atoms with E-state index >= 15 is 0 Å². The van der Waals surface area contributed by atoms with E-state index in [1.165, 1.54) is 77.0 Å². The highest BCUT2D eigenvalue weighted by Crippen LogP contribution is 2.14. The van der Waals surface area contributed by atoms with E-state index in [9.17, 15) is 0 Å². The fourth-order valence-corrected chi connectivity index (χ4v) is 2.59. The first-order valence-corrected chi connectivity index (χ1v) is 9.07. The van der Waals surface area contributed by atoms with E-state index in [2.05, 4.69) is 22.9 Å². The van der Waals surface area contributed by atoms with Crippen LogP contribution in [0.25, 0.3) is 0 Å². The summed E-state index contributed by atoms with van der Waals surface area (Å²) in [5, 5.41) is 1.28. The van der Waals surface area contributed by atoms with Crippen LogP contribution in [-0.2, 0) is 0 Å². The number of halogens is 2. The van der Waals surface area contributed by atoms with Gasteiger partial charge in [-0.25, -0.2) is 0 Å². The molecule has 0 aliphatic heterocycles. The molecular weight excluding hydrogens is 296 g/mol. The highest BCUT2D eigenvalue weighted by atomic mass is 79.9. The SMILES string of the molecule is CCCCCCCCCCCCCC(Cl)CBr. The summed E-state index contributed by atoms with van der Waals surface area (Å²) in [6.45, 7) is 2.28. The van der Waals surface area contributed by atoms with Gasteiger partial charge in [0.25, 0.3) is 0 Å². The van der Waals surface area contributed by atoms with Crippen molar-refractivity contribution in [3.8, 4) is 0 Å². The standard InChI is InChI=1S/C15H30BrCl/c1-2-3-4-5-6-7-8-9-10-11-12-13-15(17)14-16/h15H,2-14H2,1H3. The van der Waals surface area contributed by atoms with Crippen LogP contribution in [0.5, 0.6) is 0 Å². The van der Waals surface area contributed by atoms with Gasteiger partial charge < -0.3 is 0 Å².